The van der Waals surface area contributed by atoms with Crippen molar-refractivity contribution < 1.29 is 4.79 Å². The van der Waals surface area contributed by atoms with Crippen LogP contribution < -0.4 is 0 Å². The summed E-state index contributed by atoms with van der Waals surface area (Å²) in [6, 6.07) is 12.1. The molecule has 0 spiro atoms. The van der Waals surface area contributed by atoms with Crippen LogP contribution in [0.3, 0.4) is 0 Å². The molecule has 0 amide bonds. The molecule has 3 aromatic rings. The van der Waals surface area contributed by atoms with Crippen molar-refractivity contribution in [3.63, 3.8) is 0 Å². The first kappa shape index (κ1) is 14.4. The quantitative estimate of drug-likeness (QED) is 0.558. The zero-order valence-electron chi connectivity index (χ0n) is 11.6. The number of rotatable bonds is 4. The molecule has 4 heteroatoms. The molecule has 0 bridgehead atoms. The van der Waals surface area contributed by atoms with E-state index in [-0.39, 0.29) is 5.78 Å². The van der Waals surface area contributed by atoms with Gasteiger partial charge in [-0.25, -0.2) is 0 Å². The van der Waals surface area contributed by atoms with Crippen LogP contribution in [0.1, 0.15) is 29.4 Å². The highest BCUT2D eigenvalue weighted by Crippen LogP contribution is 2.33. The molecular weight excluding hydrogens is 346 g/mol. The fourth-order valence-corrected chi connectivity index (χ4v) is 3.66. The fourth-order valence-electron chi connectivity index (χ4n) is 2.32. The van der Waals surface area contributed by atoms with Gasteiger partial charge in [0.25, 0.3) is 0 Å². The monoisotopic (exact) mass is 359 g/mol. The van der Waals surface area contributed by atoms with E-state index in [2.05, 4.69) is 33.0 Å². The Morgan fingerprint density at radius 1 is 1.29 bits per heavy atom. The van der Waals surface area contributed by atoms with Gasteiger partial charge in [0.05, 0.1) is 10.4 Å². The molecule has 21 heavy (non-hydrogen) atoms. The maximum absolute atomic E-state index is 12.0. The highest BCUT2D eigenvalue weighted by atomic mass is 79.9. The summed E-state index contributed by atoms with van der Waals surface area (Å²) in [7, 11) is 0. The van der Waals surface area contributed by atoms with Crippen molar-refractivity contribution in [3.05, 3.63) is 51.9 Å². The molecule has 106 valence electrons. The molecule has 0 aliphatic rings. The van der Waals surface area contributed by atoms with Crippen LogP contribution in [-0.4, -0.2) is 10.8 Å². The number of hydrogen-bond donors (Lipinski definition) is 0. The van der Waals surface area contributed by atoms with Crippen molar-refractivity contribution in [1.29, 1.82) is 0 Å². The summed E-state index contributed by atoms with van der Waals surface area (Å²) in [5.41, 5.74) is 2.05. The first-order valence-electron chi connectivity index (χ1n) is 6.86. The van der Waals surface area contributed by atoms with Crippen molar-refractivity contribution in [2.75, 3.05) is 0 Å². The summed E-state index contributed by atoms with van der Waals surface area (Å²) in [6.07, 6.45) is 3.30. The Bertz CT molecular complexity index is 809. The van der Waals surface area contributed by atoms with Gasteiger partial charge in [-0.2, -0.15) is 0 Å². The highest BCUT2D eigenvalue weighted by Gasteiger charge is 2.12. The third-order valence-corrected chi connectivity index (χ3v) is 4.89. The minimum absolute atomic E-state index is 0.227. The van der Waals surface area contributed by atoms with Crippen molar-refractivity contribution in [2.45, 2.75) is 19.8 Å². The second kappa shape index (κ2) is 6.08. The first-order chi connectivity index (χ1) is 10.2. The molecule has 0 N–H and O–H groups in total. The molecule has 0 atom stereocenters. The van der Waals surface area contributed by atoms with Gasteiger partial charge in [0, 0.05) is 32.9 Å². The van der Waals surface area contributed by atoms with E-state index in [1.165, 1.54) is 0 Å². The Labute approximate surface area is 136 Å². The van der Waals surface area contributed by atoms with Crippen LogP contribution in [0.2, 0.25) is 0 Å². The van der Waals surface area contributed by atoms with E-state index >= 15 is 0 Å². The van der Waals surface area contributed by atoms with E-state index in [0.29, 0.717) is 6.42 Å². The number of para-hydroxylation sites is 1. The van der Waals surface area contributed by atoms with Crippen molar-refractivity contribution >= 4 is 44.0 Å². The Morgan fingerprint density at radius 3 is 2.95 bits per heavy atom. The van der Waals surface area contributed by atoms with Gasteiger partial charge >= 0.3 is 0 Å². The number of halogens is 1. The molecule has 0 fully saturated rings. The summed E-state index contributed by atoms with van der Waals surface area (Å²) in [6.45, 7) is 2.03. The fraction of sp³-hybridized carbons (Fsp3) is 0.176. The Hall–Kier alpha value is -1.52. The van der Waals surface area contributed by atoms with Crippen LogP contribution in [0.25, 0.3) is 21.3 Å². The molecule has 0 saturated carbocycles. The number of Topliss-reactive ketones (excluding diaryl/α,β-unsaturated/α-hetero) is 1. The molecule has 0 radical (unpaired) electrons. The number of aromatic nitrogens is 1. The summed E-state index contributed by atoms with van der Waals surface area (Å²) < 4.78 is 0.970. The van der Waals surface area contributed by atoms with Gasteiger partial charge in [0.2, 0.25) is 0 Å². The van der Waals surface area contributed by atoms with Crippen LogP contribution in [0.4, 0.5) is 0 Å². The number of carbonyl (C=O) groups excluding carboxylic acids is 1. The summed E-state index contributed by atoms with van der Waals surface area (Å²) in [5.74, 6) is 0.227. The van der Waals surface area contributed by atoms with Crippen molar-refractivity contribution in [2.24, 2.45) is 0 Å². The molecule has 0 aliphatic heterocycles. The molecule has 0 aliphatic carbocycles. The SMILES string of the molecule is CCCC(=O)c1ccc(-c2cccc3cc(Br)cnc23)s1. The van der Waals surface area contributed by atoms with Crippen LogP contribution >= 0.6 is 27.3 Å². The Morgan fingerprint density at radius 2 is 2.14 bits per heavy atom. The lowest BCUT2D eigenvalue weighted by Crippen LogP contribution is -1.93. The van der Waals surface area contributed by atoms with Gasteiger partial charge < -0.3 is 0 Å². The highest BCUT2D eigenvalue weighted by molar-refractivity contribution is 9.10. The van der Waals surface area contributed by atoms with E-state index in [1.54, 1.807) is 11.3 Å². The zero-order valence-corrected chi connectivity index (χ0v) is 14.0. The van der Waals surface area contributed by atoms with Gasteiger partial charge in [0.15, 0.2) is 5.78 Å². The van der Waals surface area contributed by atoms with Crippen molar-refractivity contribution in [3.8, 4) is 10.4 Å². The number of thiophene rings is 1. The Balaban J connectivity index is 2.07. The molecule has 1 aromatic carbocycles. The topological polar surface area (TPSA) is 30.0 Å². The molecule has 2 nitrogen and oxygen atoms in total. The maximum atomic E-state index is 12.0. The lowest BCUT2D eigenvalue weighted by atomic mass is 10.1. The predicted octanol–water partition coefficient (Wildman–Crippen LogP) is 5.71. The van der Waals surface area contributed by atoms with Crippen LogP contribution in [-0.2, 0) is 0 Å². The smallest absolute Gasteiger partial charge is 0.172 e. The Kier molecular flexibility index (Phi) is 4.17. The average molecular weight is 360 g/mol. The van der Waals surface area contributed by atoms with Gasteiger partial charge in [-0.15, -0.1) is 11.3 Å². The van der Waals surface area contributed by atoms with E-state index < -0.39 is 0 Å². The molecule has 0 unspecified atom stereocenters. The third-order valence-electron chi connectivity index (χ3n) is 3.30. The normalized spacial score (nSPS) is 11.0. The van der Waals surface area contributed by atoms with Gasteiger partial charge in [-0.1, -0.05) is 25.1 Å². The first-order valence-corrected chi connectivity index (χ1v) is 8.47. The number of pyridine rings is 1. The lowest BCUT2D eigenvalue weighted by Gasteiger charge is -2.04. The van der Waals surface area contributed by atoms with Gasteiger partial charge in [-0.05, 0) is 40.5 Å². The standard InChI is InChI=1S/C17H14BrNOS/c1-2-4-14(20)16-8-7-15(21-16)13-6-3-5-11-9-12(18)10-19-17(11)13/h3,5-10H,2,4H2,1H3. The van der Waals surface area contributed by atoms with Crippen LogP contribution in [0.5, 0.6) is 0 Å². The zero-order chi connectivity index (χ0) is 14.8. The summed E-state index contributed by atoms with van der Waals surface area (Å²) in [5, 5.41) is 1.09. The third kappa shape index (κ3) is 2.92. The van der Waals surface area contributed by atoms with Crippen LogP contribution in [0, 0.1) is 0 Å². The second-order valence-corrected chi connectivity index (χ2v) is 6.87. The summed E-state index contributed by atoms with van der Waals surface area (Å²) >= 11 is 5.00. The van der Waals surface area contributed by atoms with E-state index in [1.807, 2.05) is 37.4 Å². The summed E-state index contributed by atoms with van der Waals surface area (Å²) in [4.78, 5) is 18.4. The predicted molar refractivity (Wildman–Crippen MR) is 92.0 cm³/mol. The lowest BCUT2D eigenvalue weighted by molar-refractivity contribution is 0.0985. The van der Waals surface area contributed by atoms with E-state index in [4.69, 9.17) is 0 Å². The number of benzene rings is 1. The maximum Gasteiger partial charge on any atom is 0.172 e. The number of hydrogen-bond acceptors (Lipinski definition) is 3. The number of fused-ring (bicyclic) bond motifs is 1. The second-order valence-electron chi connectivity index (χ2n) is 4.87. The van der Waals surface area contributed by atoms with Crippen LogP contribution in [0.15, 0.2) is 47.1 Å². The van der Waals surface area contributed by atoms with Gasteiger partial charge in [0.1, 0.15) is 0 Å². The van der Waals surface area contributed by atoms with E-state index in [0.717, 1.165) is 37.1 Å². The minimum Gasteiger partial charge on any atom is -0.293 e. The largest absolute Gasteiger partial charge is 0.293 e. The van der Waals surface area contributed by atoms with Gasteiger partial charge in [-0.3, -0.25) is 9.78 Å². The number of nitrogens with zero attached hydrogens (tertiary/aromatic N) is 1. The molecular formula is C17H14BrNOS. The number of carbonyl (C=O) groups is 1. The number of ketones is 1. The van der Waals surface area contributed by atoms with Crippen molar-refractivity contribution in [1.82, 2.24) is 4.98 Å². The molecule has 3 rings (SSSR count). The molecule has 2 heterocycles. The minimum atomic E-state index is 0.227. The van der Waals surface area contributed by atoms with E-state index in [9.17, 15) is 4.79 Å². The molecule has 2 aromatic heterocycles. The molecule has 0 saturated heterocycles. The average Bonchev–Trinajstić information content (AvgIpc) is 2.96.